The van der Waals surface area contributed by atoms with E-state index in [1.165, 1.54) is 17.0 Å². The molecule has 1 aromatic carbocycles. The van der Waals surface area contributed by atoms with Crippen molar-refractivity contribution in [2.24, 2.45) is 0 Å². The van der Waals surface area contributed by atoms with E-state index in [9.17, 15) is 19.2 Å². The number of rotatable bonds is 10. The number of fused-ring (bicyclic) bond motifs is 1. The molecule has 1 aliphatic heterocycles. The molecule has 0 aliphatic carbocycles. The van der Waals surface area contributed by atoms with Crippen LogP contribution >= 0.6 is 0 Å². The van der Waals surface area contributed by atoms with Crippen molar-refractivity contribution in [3.05, 3.63) is 65.0 Å². The second-order valence-electron chi connectivity index (χ2n) is 9.75. The van der Waals surface area contributed by atoms with Gasteiger partial charge in [0.2, 0.25) is 0 Å². The van der Waals surface area contributed by atoms with E-state index in [1.807, 2.05) is 33.8 Å². The van der Waals surface area contributed by atoms with Gasteiger partial charge in [0.15, 0.2) is 0 Å². The van der Waals surface area contributed by atoms with E-state index in [2.05, 4.69) is 10.3 Å². The smallest absolute Gasteiger partial charge is 0.410 e. The fraction of sp³-hybridized carbons (Fsp3) is 0.444. The second-order valence-corrected chi connectivity index (χ2v) is 9.75. The van der Waals surface area contributed by atoms with Gasteiger partial charge in [-0.3, -0.25) is 24.3 Å². The number of imide groups is 1. The molecule has 0 bridgehead atoms. The zero-order valence-corrected chi connectivity index (χ0v) is 21.4. The largest absolute Gasteiger partial charge is 0.444 e. The maximum atomic E-state index is 12.7. The van der Waals surface area contributed by atoms with Crippen molar-refractivity contribution < 1.29 is 23.9 Å². The molecule has 0 atom stereocenters. The summed E-state index contributed by atoms with van der Waals surface area (Å²) in [6, 6.07) is 8.26. The Morgan fingerprint density at radius 1 is 1.08 bits per heavy atom. The van der Waals surface area contributed by atoms with Crippen molar-refractivity contribution in [2.75, 3.05) is 19.6 Å². The summed E-state index contributed by atoms with van der Waals surface area (Å²) in [6.45, 7) is 8.82. The Labute approximate surface area is 211 Å². The number of nitrogens with one attached hydrogen (secondary N) is 1. The van der Waals surface area contributed by atoms with Gasteiger partial charge in [0.05, 0.1) is 17.7 Å². The minimum absolute atomic E-state index is 0.260. The predicted octanol–water partition coefficient (Wildman–Crippen LogP) is 4.03. The molecule has 1 N–H and O–H groups in total. The van der Waals surface area contributed by atoms with Crippen LogP contribution in [0.1, 0.15) is 83.6 Å². The highest BCUT2D eigenvalue weighted by atomic mass is 16.6. The molecule has 2 heterocycles. The molecule has 2 aromatic rings. The number of carbonyl (C=O) groups excluding carboxylic acids is 4. The van der Waals surface area contributed by atoms with Crippen LogP contribution < -0.4 is 5.32 Å². The Kier molecular flexibility index (Phi) is 8.79. The Bertz CT molecular complexity index is 1110. The number of unbranched alkanes of at least 4 members (excludes halogenated alkanes) is 1. The number of carbonyl (C=O) groups is 4. The number of hydrogen-bond donors (Lipinski definition) is 1. The Morgan fingerprint density at radius 2 is 1.83 bits per heavy atom. The summed E-state index contributed by atoms with van der Waals surface area (Å²) in [7, 11) is 0. The molecule has 1 aromatic heterocycles. The molecule has 9 nitrogen and oxygen atoms in total. The minimum Gasteiger partial charge on any atom is -0.444 e. The monoisotopic (exact) mass is 494 g/mol. The summed E-state index contributed by atoms with van der Waals surface area (Å²) in [5, 5.41) is 2.83. The third kappa shape index (κ3) is 6.90. The molecule has 0 saturated carbocycles. The van der Waals surface area contributed by atoms with Crippen molar-refractivity contribution in [1.82, 2.24) is 20.1 Å². The van der Waals surface area contributed by atoms with Crippen LogP contribution in [0, 0.1) is 0 Å². The Hall–Kier alpha value is -3.75. The molecule has 0 radical (unpaired) electrons. The highest BCUT2D eigenvalue weighted by Gasteiger charge is 2.35. The van der Waals surface area contributed by atoms with E-state index in [1.54, 1.807) is 29.4 Å². The zero-order valence-electron chi connectivity index (χ0n) is 21.4. The van der Waals surface area contributed by atoms with Crippen LogP contribution in [0.15, 0.2) is 42.7 Å². The van der Waals surface area contributed by atoms with Gasteiger partial charge in [0.25, 0.3) is 17.7 Å². The summed E-state index contributed by atoms with van der Waals surface area (Å²) >= 11 is 0. The van der Waals surface area contributed by atoms with Crippen LogP contribution in [0.3, 0.4) is 0 Å². The standard InChI is InChI=1S/C27H34N4O5/c1-5-6-15-31-24(33)21-11-10-20(16-22(21)25(31)34)23(32)29-13-8-14-30(26(35)36-27(2,3)4)18-19-9-7-12-28-17-19/h7,9-12,16-17H,5-6,8,13-15,18H2,1-4H3,(H,29,32). The van der Waals surface area contributed by atoms with Gasteiger partial charge in [-0.25, -0.2) is 4.79 Å². The van der Waals surface area contributed by atoms with Gasteiger partial charge in [0, 0.05) is 37.6 Å². The lowest BCUT2D eigenvalue weighted by Crippen LogP contribution is -2.38. The molecule has 192 valence electrons. The number of benzene rings is 1. The van der Waals surface area contributed by atoms with E-state index in [4.69, 9.17) is 4.74 Å². The Morgan fingerprint density at radius 3 is 2.50 bits per heavy atom. The van der Waals surface area contributed by atoms with Crippen molar-refractivity contribution in [2.45, 2.75) is 59.1 Å². The van der Waals surface area contributed by atoms with E-state index >= 15 is 0 Å². The highest BCUT2D eigenvalue weighted by molar-refractivity contribution is 6.22. The maximum Gasteiger partial charge on any atom is 0.410 e. The lowest BCUT2D eigenvalue weighted by molar-refractivity contribution is 0.0231. The fourth-order valence-electron chi connectivity index (χ4n) is 3.80. The van der Waals surface area contributed by atoms with Gasteiger partial charge in [-0.15, -0.1) is 0 Å². The highest BCUT2D eigenvalue weighted by Crippen LogP contribution is 2.24. The molecule has 0 saturated heterocycles. The molecular formula is C27H34N4O5. The quantitative estimate of drug-likeness (QED) is 0.395. The molecule has 9 heteroatoms. The molecule has 3 rings (SSSR count). The van der Waals surface area contributed by atoms with E-state index < -0.39 is 11.7 Å². The van der Waals surface area contributed by atoms with Gasteiger partial charge in [-0.1, -0.05) is 19.4 Å². The zero-order chi connectivity index (χ0) is 26.3. The molecule has 4 amide bonds. The fourth-order valence-corrected chi connectivity index (χ4v) is 3.80. The number of pyridine rings is 1. The first kappa shape index (κ1) is 26.8. The normalized spacial score (nSPS) is 12.9. The van der Waals surface area contributed by atoms with Crippen LogP contribution in [0.2, 0.25) is 0 Å². The third-order valence-electron chi connectivity index (χ3n) is 5.61. The van der Waals surface area contributed by atoms with E-state index in [-0.39, 0.29) is 23.3 Å². The lowest BCUT2D eigenvalue weighted by Gasteiger charge is -2.27. The SMILES string of the molecule is CCCCN1C(=O)c2ccc(C(=O)NCCCN(Cc3cccnc3)C(=O)OC(C)(C)C)cc2C1=O. The first-order chi connectivity index (χ1) is 17.1. The molecule has 0 spiro atoms. The average Bonchev–Trinajstić information content (AvgIpc) is 3.07. The summed E-state index contributed by atoms with van der Waals surface area (Å²) in [5.74, 6) is -1.02. The average molecular weight is 495 g/mol. The minimum atomic E-state index is -0.628. The number of nitrogens with zero attached hydrogens (tertiary/aromatic N) is 3. The Balaban J connectivity index is 1.58. The maximum absolute atomic E-state index is 12.7. The molecule has 0 unspecified atom stereocenters. The number of ether oxygens (including phenoxy) is 1. The van der Waals surface area contributed by atoms with Crippen LogP contribution in [0.25, 0.3) is 0 Å². The summed E-state index contributed by atoms with van der Waals surface area (Å²) < 4.78 is 5.53. The van der Waals surface area contributed by atoms with Crippen molar-refractivity contribution >= 4 is 23.8 Å². The van der Waals surface area contributed by atoms with Crippen LogP contribution in [-0.2, 0) is 11.3 Å². The number of amides is 4. The number of hydrogen-bond acceptors (Lipinski definition) is 6. The lowest BCUT2D eigenvalue weighted by atomic mass is 10.1. The van der Waals surface area contributed by atoms with Crippen molar-refractivity contribution in [3.63, 3.8) is 0 Å². The van der Waals surface area contributed by atoms with E-state index in [0.29, 0.717) is 43.7 Å². The van der Waals surface area contributed by atoms with Gasteiger partial charge in [-0.05, 0) is 63.4 Å². The first-order valence-corrected chi connectivity index (χ1v) is 12.3. The second kappa shape index (κ2) is 11.8. The van der Waals surface area contributed by atoms with Crippen LogP contribution in [0.4, 0.5) is 4.79 Å². The van der Waals surface area contributed by atoms with Gasteiger partial charge in [0.1, 0.15) is 5.60 Å². The van der Waals surface area contributed by atoms with Gasteiger partial charge >= 0.3 is 6.09 Å². The number of aromatic nitrogens is 1. The molecule has 0 fully saturated rings. The van der Waals surface area contributed by atoms with Crippen molar-refractivity contribution in [3.8, 4) is 0 Å². The molecular weight excluding hydrogens is 460 g/mol. The van der Waals surface area contributed by atoms with Crippen LogP contribution in [-0.4, -0.2) is 63.8 Å². The predicted molar refractivity (Wildman–Crippen MR) is 135 cm³/mol. The summed E-state index contributed by atoms with van der Waals surface area (Å²) in [5.41, 5.74) is 1.15. The van der Waals surface area contributed by atoms with Gasteiger partial charge < -0.3 is 15.0 Å². The van der Waals surface area contributed by atoms with Crippen LogP contribution in [0.5, 0.6) is 0 Å². The summed E-state index contributed by atoms with van der Waals surface area (Å²) in [4.78, 5) is 57.5. The first-order valence-electron chi connectivity index (χ1n) is 12.3. The molecule has 36 heavy (non-hydrogen) atoms. The van der Waals surface area contributed by atoms with Gasteiger partial charge in [-0.2, -0.15) is 0 Å². The van der Waals surface area contributed by atoms with E-state index in [0.717, 1.165) is 18.4 Å². The summed E-state index contributed by atoms with van der Waals surface area (Å²) in [6.07, 6.45) is 5.03. The third-order valence-corrected chi connectivity index (χ3v) is 5.61. The topological polar surface area (TPSA) is 109 Å². The molecule has 1 aliphatic rings. The van der Waals surface area contributed by atoms with Crippen molar-refractivity contribution in [1.29, 1.82) is 0 Å².